The molecule has 0 bridgehead atoms. The first-order chi connectivity index (χ1) is 11.5. The van der Waals surface area contributed by atoms with Crippen LogP contribution in [-0.2, 0) is 0 Å². The predicted molar refractivity (Wildman–Crippen MR) is 89.3 cm³/mol. The van der Waals surface area contributed by atoms with Crippen molar-refractivity contribution in [2.75, 3.05) is 5.43 Å². The van der Waals surface area contributed by atoms with E-state index in [-0.39, 0.29) is 17.1 Å². The van der Waals surface area contributed by atoms with Crippen molar-refractivity contribution in [1.29, 1.82) is 0 Å². The first-order valence-electron chi connectivity index (χ1n) is 6.84. The van der Waals surface area contributed by atoms with Crippen molar-refractivity contribution in [3.8, 4) is 0 Å². The van der Waals surface area contributed by atoms with Gasteiger partial charge in [0.15, 0.2) is 0 Å². The molecule has 2 N–H and O–H groups in total. The van der Waals surface area contributed by atoms with Crippen molar-refractivity contribution in [2.24, 2.45) is 5.10 Å². The second kappa shape index (κ2) is 6.16. The van der Waals surface area contributed by atoms with Gasteiger partial charge in [0, 0.05) is 23.6 Å². The zero-order valence-electron chi connectivity index (χ0n) is 12.2. The van der Waals surface area contributed by atoms with E-state index in [0.717, 1.165) is 5.39 Å². The Labute approximate surface area is 134 Å². The molecule has 0 fully saturated rings. The maximum absolute atomic E-state index is 10.9. The lowest BCUT2D eigenvalue weighted by Gasteiger charge is -2.00. The van der Waals surface area contributed by atoms with E-state index < -0.39 is 9.85 Å². The Morgan fingerprint density at radius 1 is 1.04 bits per heavy atom. The van der Waals surface area contributed by atoms with Gasteiger partial charge in [-0.25, -0.2) is 0 Å². The van der Waals surface area contributed by atoms with Crippen molar-refractivity contribution in [3.05, 3.63) is 74.5 Å². The lowest BCUT2D eigenvalue weighted by atomic mass is 10.2. The van der Waals surface area contributed by atoms with Crippen LogP contribution >= 0.6 is 0 Å². The minimum atomic E-state index is -0.500. The van der Waals surface area contributed by atoms with Gasteiger partial charge in [0.25, 0.3) is 11.4 Å². The standard InChI is InChI=1S/C15H11N5O4/c21-19(22)12-6-5-10-7-11(17-14(10)8-12)9-16-18-13-3-1-2-4-15(13)20(23)24/h1-9,17-18H. The Balaban J connectivity index is 1.81. The van der Waals surface area contributed by atoms with Crippen LogP contribution in [0, 0.1) is 20.2 Å². The van der Waals surface area contributed by atoms with Gasteiger partial charge in [-0.1, -0.05) is 12.1 Å². The number of anilines is 1. The zero-order chi connectivity index (χ0) is 17.1. The molecule has 3 aromatic rings. The summed E-state index contributed by atoms with van der Waals surface area (Å²) in [5.74, 6) is 0. The van der Waals surface area contributed by atoms with Crippen LogP contribution in [0.1, 0.15) is 5.69 Å². The highest BCUT2D eigenvalue weighted by Gasteiger charge is 2.11. The summed E-state index contributed by atoms with van der Waals surface area (Å²) in [6.07, 6.45) is 1.45. The van der Waals surface area contributed by atoms with Crippen LogP contribution in [0.25, 0.3) is 10.9 Å². The monoisotopic (exact) mass is 325 g/mol. The summed E-state index contributed by atoms with van der Waals surface area (Å²) in [5.41, 5.74) is 4.01. The molecular weight excluding hydrogens is 314 g/mol. The average Bonchev–Trinajstić information content (AvgIpc) is 2.96. The van der Waals surface area contributed by atoms with E-state index >= 15 is 0 Å². The third-order valence-electron chi connectivity index (χ3n) is 3.33. The molecule has 24 heavy (non-hydrogen) atoms. The molecule has 0 aliphatic carbocycles. The smallest absolute Gasteiger partial charge is 0.294 e. The molecule has 0 aliphatic rings. The number of nitrogens with zero attached hydrogens (tertiary/aromatic N) is 3. The first-order valence-corrected chi connectivity index (χ1v) is 6.84. The highest BCUT2D eigenvalue weighted by Crippen LogP contribution is 2.23. The third kappa shape index (κ3) is 3.04. The number of H-pyrrole nitrogens is 1. The normalized spacial score (nSPS) is 11.0. The number of aromatic nitrogens is 1. The molecule has 0 aliphatic heterocycles. The number of hydrazone groups is 1. The van der Waals surface area contributed by atoms with Crippen LogP contribution in [0.15, 0.2) is 53.6 Å². The quantitative estimate of drug-likeness (QED) is 0.422. The highest BCUT2D eigenvalue weighted by molar-refractivity contribution is 5.90. The Morgan fingerprint density at radius 3 is 2.58 bits per heavy atom. The lowest BCUT2D eigenvalue weighted by molar-refractivity contribution is -0.384. The number of nitrogens with one attached hydrogen (secondary N) is 2. The van der Waals surface area contributed by atoms with E-state index in [9.17, 15) is 20.2 Å². The first kappa shape index (κ1) is 15.2. The van der Waals surface area contributed by atoms with Crippen LogP contribution in [0.5, 0.6) is 0 Å². The molecule has 0 atom stereocenters. The van der Waals surface area contributed by atoms with Gasteiger partial charge in [-0.3, -0.25) is 25.7 Å². The van der Waals surface area contributed by atoms with Gasteiger partial charge in [-0.05, 0) is 18.2 Å². The predicted octanol–water partition coefficient (Wildman–Crippen LogP) is 3.43. The molecule has 1 heterocycles. The van der Waals surface area contributed by atoms with Gasteiger partial charge in [-0.15, -0.1) is 0 Å². The summed E-state index contributed by atoms with van der Waals surface area (Å²) in [6, 6.07) is 12.4. The second-order valence-corrected chi connectivity index (χ2v) is 4.90. The van der Waals surface area contributed by atoms with E-state index in [4.69, 9.17) is 0 Å². The molecule has 0 saturated carbocycles. The molecule has 9 heteroatoms. The molecule has 120 valence electrons. The van der Waals surface area contributed by atoms with Crippen molar-refractivity contribution < 1.29 is 9.85 Å². The largest absolute Gasteiger partial charge is 0.354 e. The Hall–Kier alpha value is -3.75. The maximum atomic E-state index is 10.9. The summed E-state index contributed by atoms with van der Waals surface area (Å²) in [4.78, 5) is 23.7. The van der Waals surface area contributed by atoms with Crippen LogP contribution in [0.3, 0.4) is 0 Å². The molecule has 9 nitrogen and oxygen atoms in total. The Bertz CT molecular complexity index is 963. The summed E-state index contributed by atoms with van der Waals surface area (Å²) in [5, 5.41) is 26.4. The van der Waals surface area contributed by atoms with E-state index in [0.29, 0.717) is 11.2 Å². The molecule has 0 amide bonds. The molecular formula is C15H11N5O4. The maximum Gasteiger partial charge on any atom is 0.294 e. The molecule has 0 radical (unpaired) electrons. The topological polar surface area (TPSA) is 126 Å². The number of para-hydroxylation sites is 2. The molecule has 2 aromatic carbocycles. The van der Waals surface area contributed by atoms with E-state index in [1.165, 1.54) is 24.4 Å². The summed E-state index contributed by atoms with van der Waals surface area (Å²) >= 11 is 0. The fraction of sp³-hybridized carbons (Fsp3) is 0. The SMILES string of the molecule is O=[N+]([O-])c1ccc2cc(C=NNc3ccccc3[N+](=O)[O-])[nH]c2c1. The number of hydrogen-bond acceptors (Lipinski definition) is 6. The molecule has 0 spiro atoms. The number of nitro groups is 2. The number of nitro benzene ring substituents is 2. The van der Waals surface area contributed by atoms with Crippen molar-refractivity contribution in [2.45, 2.75) is 0 Å². The average molecular weight is 325 g/mol. The number of aromatic amines is 1. The van der Waals surface area contributed by atoms with Crippen molar-refractivity contribution in [1.82, 2.24) is 4.98 Å². The van der Waals surface area contributed by atoms with Crippen LogP contribution < -0.4 is 5.43 Å². The second-order valence-electron chi connectivity index (χ2n) is 4.90. The number of fused-ring (bicyclic) bond motifs is 1. The van der Waals surface area contributed by atoms with Crippen LogP contribution in [0.2, 0.25) is 0 Å². The zero-order valence-corrected chi connectivity index (χ0v) is 12.2. The van der Waals surface area contributed by atoms with Gasteiger partial charge >= 0.3 is 0 Å². The summed E-state index contributed by atoms with van der Waals surface area (Å²) in [7, 11) is 0. The van der Waals surface area contributed by atoms with Crippen molar-refractivity contribution in [3.63, 3.8) is 0 Å². The lowest BCUT2D eigenvalue weighted by Crippen LogP contribution is -1.96. The van der Waals surface area contributed by atoms with E-state index in [2.05, 4.69) is 15.5 Å². The number of non-ortho nitro benzene ring substituents is 1. The minimum absolute atomic E-state index is 0.00845. The van der Waals surface area contributed by atoms with Gasteiger partial charge in [-0.2, -0.15) is 5.10 Å². The van der Waals surface area contributed by atoms with Crippen LogP contribution in [-0.4, -0.2) is 21.0 Å². The number of hydrogen-bond donors (Lipinski definition) is 2. The third-order valence-corrected chi connectivity index (χ3v) is 3.33. The minimum Gasteiger partial charge on any atom is -0.354 e. The molecule has 3 rings (SSSR count). The Morgan fingerprint density at radius 2 is 1.83 bits per heavy atom. The fourth-order valence-corrected chi connectivity index (χ4v) is 2.22. The van der Waals surface area contributed by atoms with Gasteiger partial charge in [0.2, 0.25) is 0 Å². The summed E-state index contributed by atoms with van der Waals surface area (Å²) < 4.78 is 0. The summed E-state index contributed by atoms with van der Waals surface area (Å²) in [6.45, 7) is 0. The molecule has 1 aromatic heterocycles. The fourth-order valence-electron chi connectivity index (χ4n) is 2.22. The Kier molecular flexibility index (Phi) is 3.89. The van der Waals surface area contributed by atoms with Gasteiger partial charge < -0.3 is 4.98 Å². The molecule has 0 unspecified atom stereocenters. The van der Waals surface area contributed by atoms with Gasteiger partial charge in [0.1, 0.15) is 5.69 Å². The number of rotatable bonds is 5. The van der Waals surface area contributed by atoms with Gasteiger partial charge in [0.05, 0.1) is 27.3 Å². The van der Waals surface area contributed by atoms with E-state index in [1.807, 2.05) is 0 Å². The number of benzene rings is 2. The highest BCUT2D eigenvalue weighted by atomic mass is 16.6. The molecule has 0 saturated heterocycles. The van der Waals surface area contributed by atoms with Crippen molar-refractivity contribution >= 4 is 34.2 Å². The van der Waals surface area contributed by atoms with E-state index in [1.54, 1.807) is 30.3 Å². The van der Waals surface area contributed by atoms with Crippen LogP contribution in [0.4, 0.5) is 17.1 Å².